The van der Waals surface area contributed by atoms with Gasteiger partial charge in [-0.05, 0) is 29.8 Å². The van der Waals surface area contributed by atoms with Crippen molar-refractivity contribution in [1.82, 2.24) is 0 Å². The highest BCUT2D eigenvalue weighted by Gasteiger charge is 2.14. The van der Waals surface area contributed by atoms with Crippen LogP contribution in [0.4, 0.5) is 0 Å². The topological polar surface area (TPSA) is 27.7 Å². The fourth-order valence-electron chi connectivity index (χ4n) is 1.74. The molecule has 5 heteroatoms. The Morgan fingerprint density at radius 3 is 2.15 bits per heavy atom. The average Bonchev–Trinajstić information content (AvgIpc) is 2.49. The van der Waals surface area contributed by atoms with E-state index in [4.69, 9.17) is 25.8 Å². The largest absolute Gasteiger partial charge is 0.493 e. The molecule has 0 fully saturated rings. The standard InChI is InChI=1S/C15H14BrClO3/c1-18-13-4-3-5-14(19-2)15(13)20-12-7-6-10(9-16)8-11(12)17/h3-8H,9H2,1-2H3. The summed E-state index contributed by atoms with van der Waals surface area (Å²) in [7, 11) is 3.16. The maximum Gasteiger partial charge on any atom is 0.211 e. The second-order valence-electron chi connectivity index (χ2n) is 3.99. The van der Waals surface area contributed by atoms with Crippen LogP contribution in [-0.4, -0.2) is 14.2 Å². The van der Waals surface area contributed by atoms with Crippen LogP contribution < -0.4 is 14.2 Å². The first kappa shape index (κ1) is 15.0. The minimum Gasteiger partial charge on any atom is -0.493 e. The molecule has 3 nitrogen and oxygen atoms in total. The lowest BCUT2D eigenvalue weighted by Crippen LogP contribution is -1.95. The summed E-state index contributed by atoms with van der Waals surface area (Å²) in [5.41, 5.74) is 1.08. The van der Waals surface area contributed by atoms with E-state index in [1.807, 2.05) is 24.3 Å². The van der Waals surface area contributed by atoms with Gasteiger partial charge in [0.15, 0.2) is 11.5 Å². The molecule has 0 atom stereocenters. The highest BCUT2D eigenvalue weighted by Crippen LogP contribution is 2.41. The Kier molecular flexibility index (Phi) is 5.15. The predicted molar refractivity (Wildman–Crippen MR) is 83.7 cm³/mol. The number of alkyl halides is 1. The van der Waals surface area contributed by atoms with E-state index < -0.39 is 0 Å². The molecule has 2 aromatic carbocycles. The molecule has 20 heavy (non-hydrogen) atoms. The van der Waals surface area contributed by atoms with Gasteiger partial charge in [-0.1, -0.05) is 39.7 Å². The molecule has 106 valence electrons. The molecule has 0 saturated carbocycles. The van der Waals surface area contributed by atoms with Crippen molar-refractivity contribution in [3.05, 3.63) is 47.0 Å². The number of benzene rings is 2. The molecule has 0 radical (unpaired) electrons. The molecule has 0 saturated heterocycles. The van der Waals surface area contributed by atoms with Gasteiger partial charge in [-0.15, -0.1) is 0 Å². The second-order valence-corrected chi connectivity index (χ2v) is 4.96. The molecular formula is C15H14BrClO3. The average molecular weight is 358 g/mol. The van der Waals surface area contributed by atoms with Crippen LogP contribution in [0.3, 0.4) is 0 Å². The van der Waals surface area contributed by atoms with Gasteiger partial charge in [0.25, 0.3) is 0 Å². The van der Waals surface area contributed by atoms with Crippen molar-refractivity contribution in [2.75, 3.05) is 14.2 Å². The summed E-state index contributed by atoms with van der Waals surface area (Å²) < 4.78 is 16.4. The lowest BCUT2D eigenvalue weighted by molar-refractivity contribution is 0.346. The van der Waals surface area contributed by atoms with E-state index in [0.29, 0.717) is 28.0 Å². The summed E-state index contributed by atoms with van der Waals surface area (Å²) in [5, 5.41) is 1.28. The summed E-state index contributed by atoms with van der Waals surface area (Å²) in [6, 6.07) is 11.1. The fraction of sp³-hybridized carbons (Fsp3) is 0.200. The number of methoxy groups -OCH3 is 2. The van der Waals surface area contributed by atoms with Crippen LogP contribution in [0.1, 0.15) is 5.56 Å². The van der Waals surface area contributed by atoms with Crippen LogP contribution in [0.2, 0.25) is 5.02 Å². The molecule has 2 rings (SSSR count). The van der Waals surface area contributed by atoms with Gasteiger partial charge in [0.05, 0.1) is 19.2 Å². The van der Waals surface area contributed by atoms with E-state index >= 15 is 0 Å². The number of rotatable bonds is 5. The second kappa shape index (κ2) is 6.86. The van der Waals surface area contributed by atoms with Crippen LogP contribution in [0.15, 0.2) is 36.4 Å². The number of halogens is 2. The van der Waals surface area contributed by atoms with Crippen LogP contribution >= 0.6 is 27.5 Å². The molecule has 0 heterocycles. The zero-order chi connectivity index (χ0) is 14.5. The normalized spacial score (nSPS) is 10.2. The van der Waals surface area contributed by atoms with Crippen molar-refractivity contribution in [3.8, 4) is 23.0 Å². The summed E-state index contributed by atoms with van der Waals surface area (Å²) in [4.78, 5) is 0. The maximum atomic E-state index is 6.22. The van der Waals surface area contributed by atoms with Crippen LogP contribution in [0, 0.1) is 0 Å². The molecule has 0 aliphatic rings. The molecule has 0 amide bonds. The third-order valence-electron chi connectivity index (χ3n) is 2.75. The van der Waals surface area contributed by atoms with E-state index in [2.05, 4.69) is 15.9 Å². The maximum absolute atomic E-state index is 6.22. The van der Waals surface area contributed by atoms with Gasteiger partial charge >= 0.3 is 0 Å². The Morgan fingerprint density at radius 2 is 1.65 bits per heavy atom. The smallest absolute Gasteiger partial charge is 0.211 e. The molecule has 0 N–H and O–H groups in total. The first-order valence-corrected chi connectivity index (χ1v) is 7.42. The molecule has 0 aromatic heterocycles. The van der Waals surface area contributed by atoms with Crippen LogP contribution in [0.5, 0.6) is 23.0 Å². The van der Waals surface area contributed by atoms with Crippen molar-refractivity contribution in [1.29, 1.82) is 0 Å². The number of hydrogen-bond acceptors (Lipinski definition) is 3. The van der Waals surface area contributed by atoms with Crippen LogP contribution in [-0.2, 0) is 5.33 Å². The van der Waals surface area contributed by atoms with E-state index in [1.54, 1.807) is 26.4 Å². The first-order valence-electron chi connectivity index (χ1n) is 5.92. The molecule has 2 aromatic rings. The predicted octanol–water partition coefficient (Wildman–Crippen LogP) is 5.04. The summed E-state index contributed by atoms with van der Waals surface area (Å²) in [6.45, 7) is 0. The lowest BCUT2D eigenvalue weighted by atomic mass is 10.2. The van der Waals surface area contributed by atoms with Crippen molar-refractivity contribution >= 4 is 27.5 Å². The lowest BCUT2D eigenvalue weighted by Gasteiger charge is -2.14. The molecule has 0 unspecified atom stereocenters. The fourth-order valence-corrected chi connectivity index (χ4v) is 2.33. The first-order chi connectivity index (χ1) is 9.69. The highest BCUT2D eigenvalue weighted by molar-refractivity contribution is 9.08. The van der Waals surface area contributed by atoms with E-state index in [9.17, 15) is 0 Å². The van der Waals surface area contributed by atoms with Gasteiger partial charge in [-0.25, -0.2) is 0 Å². The van der Waals surface area contributed by atoms with E-state index in [-0.39, 0.29) is 0 Å². The quantitative estimate of drug-likeness (QED) is 0.701. The molecule has 0 spiro atoms. The van der Waals surface area contributed by atoms with Crippen molar-refractivity contribution in [3.63, 3.8) is 0 Å². The van der Waals surface area contributed by atoms with Gasteiger partial charge in [0, 0.05) is 5.33 Å². The Balaban J connectivity index is 2.39. The van der Waals surface area contributed by atoms with Gasteiger partial charge in [-0.2, -0.15) is 0 Å². The number of ether oxygens (including phenoxy) is 3. The van der Waals surface area contributed by atoms with Gasteiger partial charge < -0.3 is 14.2 Å². The van der Waals surface area contributed by atoms with E-state index in [0.717, 1.165) is 10.9 Å². The van der Waals surface area contributed by atoms with Gasteiger partial charge in [0.2, 0.25) is 5.75 Å². The number of para-hydroxylation sites is 1. The monoisotopic (exact) mass is 356 g/mol. The van der Waals surface area contributed by atoms with Crippen molar-refractivity contribution in [2.24, 2.45) is 0 Å². The Labute approximate surface area is 131 Å². The summed E-state index contributed by atoms with van der Waals surface area (Å²) in [6.07, 6.45) is 0. The highest BCUT2D eigenvalue weighted by atomic mass is 79.9. The summed E-state index contributed by atoms with van der Waals surface area (Å²) >= 11 is 9.61. The molecule has 0 aliphatic carbocycles. The minimum atomic E-state index is 0.506. The zero-order valence-electron chi connectivity index (χ0n) is 11.2. The van der Waals surface area contributed by atoms with Gasteiger partial charge in [-0.3, -0.25) is 0 Å². The molecule has 0 aliphatic heterocycles. The molecule has 0 bridgehead atoms. The molecular weight excluding hydrogens is 344 g/mol. The SMILES string of the molecule is COc1cccc(OC)c1Oc1ccc(CBr)cc1Cl. The number of hydrogen-bond donors (Lipinski definition) is 0. The Hall–Kier alpha value is -1.39. The minimum absolute atomic E-state index is 0.506. The third kappa shape index (κ3) is 3.19. The van der Waals surface area contributed by atoms with E-state index in [1.165, 1.54) is 0 Å². The Bertz CT molecular complexity index is 579. The van der Waals surface area contributed by atoms with Gasteiger partial charge in [0.1, 0.15) is 5.75 Å². The summed E-state index contributed by atoms with van der Waals surface area (Å²) in [5.74, 6) is 2.24. The Morgan fingerprint density at radius 1 is 1.00 bits per heavy atom. The zero-order valence-corrected chi connectivity index (χ0v) is 13.5. The van der Waals surface area contributed by atoms with Crippen molar-refractivity contribution < 1.29 is 14.2 Å². The van der Waals surface area contributed by atoms with Crippen LogP contribution in [0.25, 0.3) is 0 Å². The van der Waals surface area contributed by atoms with Crippen molar-refractivity contribution in [2.45, 2.75) is 5.33 Å². The third-order valence-corrected chi connectivity index (χ3v) is 3.69.